The quantitative estimate of drug-likeness (QED) is 0.211. The smallest absolute Gasteiger partial charge is 0.303 e. The minimum absolute atomic E-state index is 0.0224. The van der Waals surface area contributed by atoms with Gasteiger partial charge in [0.25, 0.3) is 0 Å². The predicted molar refractivity (Wildman–Crippen MR) is 222 cm³/mol. The van der Waals surface area contributed by atoms with Crippen LogP contribution in [0, 0.1) is 44.8 Å². The first-order valence-corrected chi connectivity index (χ1v) is 24.5. The third-order valence-electron chi connectivity index (χ3n) is 17.3. The molecule has 4 saturated carbocycles. The molecule has 7 fully saturated rings. The van der Waals surface area contributed by atoms with Crippen LogP contribution in [0.1, 0.15) is 158 Å². The van der Waals surface area contributed by atoms with Gasteiger partial charge in [-0.3, -0.25) is 28.9 Å². The molecule has 3 amide bonds. The third kappa shape index (κ3) is 7.30. The van der Waals surface area contributed by atoms with Crippen molar-refractivity contribution in [2.75, 3.05) is 32.7 Å². The highest BCUT2D eigenvalue weighted by Gasteiger charge is 2.85. The SMILES string of the molecule is CC[C@@H]1C[C@]1(CC(=O)[C@@H]1C[C@@]2(CN1C(=O)[C@@H](CC(=O)[C@@H](NC(=O)[C@@H]1CCCN1CC)C1CCCCC1)C(C)(C)C)C(C)(C)C21CCC1)C(=O)NS(=O)(=O)N1CCCC1. The van der Waals surface area contributed by atoms with Gasteiger partial charge in [0.05, 0.1) is 23.5 Å². The summed E-state index contributed by atoms with van der Waals surface area (Å²) in [6.07, 6.45) is 12.8. The molecule has 12 nitrogen and oxygen atoms in total. The highest BCUT2D eigenvalue weighted by Crippen LogP contribution is 2.88. The van der Waals surface area contributed by atoms with E-state index in [9.17, 15) is 27.6 Å². The standard InChI is InChI=1S/C45H73N5O7S/c1-8-31-26-43(31,40(55)47-58(56,57)49-23-13-14-24-49)28-36(52)34-27-45(42(6,7)44(45)20-16-21-44)29-50(34)39(54)32(41(3,4)5)25-35(51)37(30-17-11-10-12-18-30)46-38(53)33-19-15-22-48(33)9-2/h30-34,37H,8-29H2,1-7H3,(H,46,53)(H,47,55)/t31-,32-,33+,34+,37+,43-,45-/m1/s1. The normalized spacial score (nSPS) is 33.2. The molecular weight excluding hydrogens is 755 g/mol. The number of likely N-dealkylation sites (N-methyl/N-ethyl adjacent to an activating group) is 1. The Labute approximate surface area is 348 Å². The van der Waals surface area contributed by atoms with Crippen LogP contribution < -0.4 is 10.0 Å². The van der Waals surface area contributed by atoms with Crippen molar-refractivity contribution in [3.05, 3.63) is 0 Å². The molecule has 3 aliphatic heterocycles. The first kappa shape index (κ1) is 43.7. The Morgan fingerprint density at radius 1 is 0.810 bits per heavy atom. The zero-order chi connectivity index (χ0) is 42.1. The molecule has 3 heterocycles. The lowest BCUT2D eigenvalue weighted by molar-refractivity contribution is -0.147. The number of carbonyl (C=O) groups is 5. The van der Waals surface area contributed by atoms with Gasteiger partial charge in [-0.05, 0) is 105 Å². The average Bonchev–Trinajstić information content (AvgIpc) is 3.58. The van der Waals surface area contributed by atoms with Crippen LogP contribution in [0.15, 0.2) is 0 Å². The van der Waals surface area contributed by atoms with Gasteiger partial charge in [0.1, 0.15) is 0 Å². The van der Waals surface area contributed by atoms with Crippen molar-refractivity contribution < 1.29 is 32.4 Å². The van der Waals surface area contributed by atoms with Crippen molar-refractivity contribution in [2.24, 2.45) is 44.8 Å². The highest BCUT2D eigenvalue weighted by atomic mass is 32.2. The van der Waals surface area contributed by atoms with E-state index in [1.807, 2.05) is 27.7 Å². The lowest BCUT2D eigenvalue weighted by atomic mass is 9.73. The Morgan fingerprint density at radius 3 is 2.03 bits per heavy atom. The number of Topliss-reactive ketones (excluding diaryl/α,β-unsaturated/α-hetero) is 2. The summed E-state index contributed by atoms with van der Waals surface area (Å²) in [6.45, 7) is 17.4. The van der Waals surface area contributed by atoms with E-state index in [4.69, 9.17) is 0 Å². The molecule has 0 aromatic heterocycles. The van der Waals surface area contributed by atoms with Gasteiger partial charge in [-0.25, -0.2) is 4.72 Å². The summed E-state index contributed by atoms with van der Waals surface area (Å²) in [4.78, 5) is 76.7. The van der Waals surface area contributed by atoms with E-state index in [1.165, 1.54) is 4.31 Å². The van der Waals surface area contributed by atoms with Gasteiger partial charge in [0, 0.05) is 43.8 Å². The van der Waals surface area contributed by atoms with Crippen LogP contribution in [-0.4, -0.2) is 103 Å². The van der Waals surface area contributed by atoms with Crippen LogP contribution >= 0.6 is 0 Å². The Morgan fingerprint density at radius 2 is 1.48 bits per heavy atom. The summed E-state index contributed by atoms with van der Waals surface area (Å²) in [7, 11) is -4.02. The summed E-state index contributed by atoms with van der Waals surface area (Å²) in [5.74, 6) is -2.02. The van der Waals surface area contributed by atoms with Crippen LogP contribution in [0.3, 0.4) is 0 Å². The number of likely N-dealkylation sites (tertiary alicyclic amines) is 2. The minimum Gasteiger partial charge on any atom is -0.345 e. The second-order valence-electron chi connectivity index (χ2n) is 21.2. The molecule has 0 aromatic carbocycles. The molecule has 13 heteroatoms. The molecule has 7 aliphatic rings. The van der Waals surface area contributed by atoms with Crippen molar-refractivity contribution in [3.8, 4) is 0 Å². The van der Waals surface area contributed by atoms with Crippen molar-refractivity contribution in [3.63, 3.8) is 0 Å². The van der Waals surface area contributed by atoms with Gasteiger partial charge in [-0.1, -0.05) is 80.6 Å². The molecule has 0 radical (unpaired) electrons. The molecule has 2 N–H and O–H groups in total. The van der Waals surface area contributed by atoms with Gasteiger partial charge in [0.15, 0.2) is 11.6 Å². The summed E-state index contributed by atoms with van der Waals surface area (Å²) in [5, 5.41) is 3.24. The second-order valence-corrected chi connectivity index (χ2v) is 22.9. The fourth-order valence-corrected chi connectivity index (χ4v) is 14.5. The number of hydrogen-bond acceptors (Lipinski definition) is 8. The lowest BCUT2D eigenvalue weighted by Gasteiger charge is -2.37. The minimum atomic E-state index is -4.02. The summed E-state index contributed by atoms with van der Waals surface area (Å²) in [5.41, 5.74) is -2.02. The largest absolute Gasteiger partial charge is 0.345 e. The molecule has 0 unspecified atom stereocenters. The molecule has 2 spiro atoms. The first-order chi connectivity index (χ1) is 27.3. The Balaban J connectivity index is 1.15. The Kier molecular flexibility index (Phi) is 11.9. The molecule has 58 heavy (non-hydrogen) atoms. The van der Waals surface area contributed by atoms with Gasteiger partial charge < -0.3 is 10.2 Å². The van der Waals surface area contributed by atoms with E-state index in [0.717, 1.165) is 90.1 Å². The average molecular weight is 828 g/mol. The fourth-order valence-electron chi connectivity index (χ4n) is 13.2. The van der Waals surface area contributed by atoms with Crippen LogP contribution in [-0.2, 0) is 34.2 Å². The molecule has 0 bridgehead atoms. The van der Waals surface area contributed by atoms with E-state index >= 15 is 4.79 Å². The third-order valence-corrected chi connectivity index (χ3v) is 18.8. The molecular formula is C45H73N5O7S. The van der Waals surface area contributed by atoms with Crippen molar-refractivity contribution in [1.82, 2.24) is 24.1 Å². The fraction of sp³-hybridized carbons (Fsp3) is 0.889. The maximum atomic E-state index is 15.3. The van der Waals surface area contributed by atoms with E-state index in [-0.39, 0.29) is 70.3 Å². The van der Waals surface area contributed by atoms with E-state index in [1.54, 1.807) is 4.90 Å². The van der Waals surface area contributed by atoms with Crippen LogP contribution in [0.25, 0.3) is 0 Å². The van der Waals surface area contributed by atoms with E-state index < -0.39 is 44.9 Å². The molecule has 4 aliphatic carbocycles. The Hall–Kier alpha value is -2.38. The summed E-state index contributed by atoms with van der Waals surface area (Å²) < 4.78 is 30.1. The molecule has 3 saturated heterocycles. The van der Waals surface area contributed by atoms with Gasteiger partial charge >= 0.3 is 10.2 Å². The summed E-state index contributed by atoms with van der Waals surface area (Å²) >= 11 is 0. The number of fused-ring (bicyclic) bond motifs is 1. The number of amides is 3. The predicted octanol–water partition coefficient (Wildman–Crippen LogP) is 5.79. The molecule has 7 atom stereocenters. The number of nitrogens with zero attached hydrogens (tertiary/aromatic N) is 3. The van der Waals surface area contributed by atoms with Crippen LogP contribution in [0.5, 0.6) is 0 Å². The number of ketones is 2. The Bertz CT molecular complexity index is 1740. The van der Waals surface area contributed by atoms with E-state index in [0.29, 0.717) is 38.9 Å². The number of nitrogens with one attached hydrogen (secondary N) is 2. The zero-order valence-corrected chi connectivity index (χ0v) is 37.4. The summed E-state index contributed by atoms with van der Waals surface area (Å²) in [6, 6.07) is -1.67. The van der Waals surface area contributed by atoms with Crippen molar-refractivity contribution in [2.45, 2.75) is 176 Å². The topological polar surface area (TPSA) is 153 Å². The van der Waals surface area contributed by atoms with Crippen LogP contribution in [0.2, 0.25) is 0 Å². The molecule has 0 aromatic rings. The number of carbonyl (C=O) groups excluding carboxylic acids is 5. The highest BCUT2D eigenvalue weighted by molar-refractivity contribution is 7.87. The van der Waals surface area contributed by atoms with E-state index in [2.05, 4.69) is 35.7 Å². The van der Waals surface area contributed by atoms with Gasteiger partial charge in [-0.2, -0.15) is 12.7 Å². The van der Waals surface area contributed by atoms with Gasteiger partial charge in [-0.15, -0.1) is 0 Å². The number of hydrogen-bond donors (Lipinski definition) is 2. The monoisotopic (exact) mass is 828 g/mol. The van der Waals surface area contributed by atoms with Crippen molar-refractivity contribution >= 4 is 39.5 Å². The maximum absolute atomic E-state index is 15.3. The first-order valence-electron chi connectivity index (χ1n) is 23.0. The van der Waals surface area contributed by atoms with Crippen molar-refractivity contribution in [1.29, 1.82) is 0 Å². The lowest BCUT2D eigenvalue weighted by Crippen LogP contribution is -2.54. The molecule has 7 rings (SSSR count). The number of rotatable bonds is 15. The molecule has 326 valence electrons. The van der Waals surface area contributed by atoms with Gasteiger partial charge in [0.2, 0.25) is 17.7 Å². The van der Waals surface area contributed by atoms with Crippen LogP contribution in [0.4, 0.5) is 0 Å². The maximum Gasteiger partial charge on any atom is 0.303 e. The zero-order valence-electron chi connectivity index (χ0n) is 36.6. The second kappa shape index (κ2) is 15.8.